The van der Waals surface area contributed by atoms with E-state index in [0.29, 0.717) is 18.2 Å². The highest BCUT2D eigenvalue weighted by molar-refractivity contribution is 14.0. The second-order valence-electron chi connectivity index (χ2n) is 4.16. The van der Waals surface area contributed by atoms with Crippen LogP contribution in [0.4, 0.5) is 0 Å². The molecule has 0 amide bonds. The van der Waals surface area contributed by atoms with E-state index < -0.39 is 0 Å². The van der Waals surface area contributed by atoms with Crippen LogP contribution in [0.1, 0.15) is 24.0 Å². The second kappa shape index (κ2) is 7.21. The lowest BCUT2D eigenvalue weighted by Gasteiger charge is -2.11. The molecule has 0 heterocycles. The van der Waals surface area contributed by atoms with E-state index in [9.17, 15) is 0 Å². The molecule has 18 heavy (non-hydrogen) atoms. The maximum absolute atomic E-state index is 8.81. The van der Waals surface area contributed by atoms with Gasteiger partial charge in [-0.1, -0.05) is 12.1 Å². The van der Waals surface area contributed by atoms with Crippen LogP contribution in [0.3, 0.4) is 0 Å². The number of halogens is 1. The van der Waals surface area contributed by atoms with Gasteiger partial charge in [0.1, 0.15) is 0 Å². The zero-order chi connectivity index (χ0) is 12.1. The van der Waals surface area contributed by atoms with Crippen molar-refractivity contribution < 1.29 is 0 Å². The lowest BCUT2D eigenvalue weighted by molar-refractivity contribution is 0.805. The third-order valence-electron chi connectivity index (χ3n) is 2.66. The molecule has 2 rings (SSSR count). The molecule has 1 fully saturated rings. The summed E-state index contributed by atoms with van der Waals surface area (Å²) in [4.78, 5) is 4.16. The molecule has 0 saturated heterocycles. The van der Waals surface area contributed by atoms with Crippen LogP contribution in [-0.4, -0.2) is 19.0 Å². The van der Waals surface area contributed by atoms with Gasteiger partial charge in [-0.3, -0.25) is 4.99 Å². The Hall–Kier alpha value is -1.29. The standard InChI is InChI=1S/C13H16N4.HI/c1-15-13(17-12-5-6-12)16-9-11-4-2-3-10(7-11)8-14;/h2-4,7,12H,5-6,9H2,1H3,(H2,15,16,17);1H. The fourth-order valence-corrected chi connectivity index (χ4v) is 1.55. The Labute approximate surface area is 125 Å². The molecular formula is C13H17IN4. The molecule has 0 aliphatic heterocycles. The molecule has 0 aromatic heterocycles. The van der Waals surface area contributed by atoms with Crippen LogP contribution < -0.4 is 10.6 Å². The number of hydrogen-bond acceptors (Lipinski definition) is 2. The summed E-state index contributed by atoms with van der Waals surface area (Å²) < 4.78 is 0. The topological polar surface area (TPSA) is 60.2 Å². The predicted octanol–water partition coefficient (Wildman–Crippen LogP) is 2.00. The van der Waals surface area contributed by atoms with Gasteiger partial charge in [0.15, 0.2) is 5.96 Å². The number of hydrogen-bond donors (Lipinski definition) is 2. The summed E-state index contributed by atoms with van der Waals surface area (Å²) in [5.74, 6) is 0.829. The first kappa shape index (κ1) is 14.8. The maximum atomic E-state index is 8.81. The van der Waals surface area contributed by atoms with Crippen LogP contribution in [-0.2, 0) is 6.54 Å². The van der Waals surface area contributed by atoms with Gasteiger partial charge < -0.3 is 10.6 Å². The van der Waals surface area contributed by atoms with Gasteiger partial charge in [0, 0.05) is 19.6 Å². The number of benzene rings is 1. The Balaban J connectivity index is 0.00000162. The highest BCUT2D eigenvalue weighted by Gasteiger charge is 2.21. The molecule has 0 radical (unpaired) electrons. The lowest BCUT2D eigenvalue weighted by atomic mass is 10.1. The maximum Gasteiger partial charge on any atom is 0.191 e. The zero-order valence-corrected chi connectivity index (χ0v) is 12.6. The summed E-state index contributed by atoms with van der Waals surface area (Å²) in [6.45, 7) is 0.682. The fraction of sp³-hybridized carbons (Fsp3) is 0.385. The van der Waals surface area contributed by atoms with Crippen molar-refractivity contribution in [3.8, 4) is 6.07 Å². The van der Waals surface area contributed by atoms with Crippen molar-refractivity contribution in [2.45, 2.75) is 25.4 Å². The predicted molar refractivity (Wildman–Crippen MR) is 82.9 cm³/mol. The van der Waals surface area contributed by atoms with Crippen LogP contribution in [0.15, 0.2) is 29.3 Å². The van der Waals surface area contributed by atoms with E-state index in [0.717, 1.165) is 11.5 Å². The molecule has 4 nitrogen and oxygen atoms in total. The Bertz CT molecular complexity index is 460. The smallest absolute Gasteiger partial charge is 0.191 e. The number of nitriles is 1. The number of aliphatic imine (C=N–C) groups is 1. The molecule has 0 unspecified atom stereocenters. The first-order chi connectivity index (χ1) is 8.31. The van der Waals surface area contributed by atoms with E-state index >= 15 is 0 Å². The number of nitrogens with one attached hydrogen (secondary N) is 2. The first-order valence-corrected chi connectivity index (χ1v) is 5.78. The Morgan fingerprint density at radius 1 is 1.50 bits per heavy atom. The summed E-state index contributed by atoms with van der Waals surface area (Å²) in [5.41, 5.74) is 1.78. The molecule has 1 aromatic carbocycles. The highest BCUT2D eigenvalue weighted by atomic mass is 127. The number of nitrogens with zero attached hydrogens (tertiary/aromatic N) is 2. The van der Waals surface area contributed by atoms with Gasteiger partial charge in [0.25, 0.3) is 0 Å². The number of guanidine groups is 1. The Morgan fingerprint density at radius 2 is 2.28 bits per heavy atom. The van der Waals surface area contributed by atoms with E-state index in [1.807, 2.05) is 18.2 Å². The van der Waals surface area contributed by atoms with Crippen LogP contribution in [0, 0.1) is 11.3 Å². The third-order valence-corrected chi connectivity index (χ3v) is 2.66. The van der Waals surface area contributed by atoms with E-state index in [2.05, 4.69) is 21.7 Å². The first-order valence-electron chi connectivity index (χ1n) is 5.78. The van der Waals surface area contributed by atoms with Crippen LogP contribution in [0.2, 0.25) is 0 Å². The quantitative estimate of drug-likeness (QED) is 0.495. The van der Waals surface area contributed by atoms with Gasteiger partial charge in [0.05, 0.1) is 11.6 Å². The molecule has 96 valence electrons. The minimum absolute atomic E-state index is 0. The average molecular weight is 356 g/mol. The lowest BCUT2D eigenvalue weighted by Crippen LogP contribution is -2.38. The molecule has 1 aliphatic carbocycles. The molecule has 0 bridgehead atoms. The zero-order valence-electron chi connectivity index (χ0n) is 10.3. The molecule has 1 aromatic rings. The van der Waals surface area contributed by atoms with Crippen molar-refractivity contribution in [3.63, 3.8) is 0 Å². The van der Waals surface area contributed by atoms with Gasteiger partial charge in [-0.2, -0.15) is 5.26 Å². The molecule has 1 saturated carbocycles. The van der Waals surface area contributed by atoms with Gasteiger partial charge in [-0.25, -0.2) is 0 Å². The monoisotopic (exact) mass is 356 g/mol. The fourth-order valence-electron chi connectivity index (χ4n) is 1.55. The minimum atomic E-state index is 0. The molecule has 1 aliphatic rings. The Morgan fingerprint density at radius 3 is 2.89 bits per heavy atom. The van der Waals surface area contributed by atoms with Crippen LogP contribution >= 0.6 is 24.0 Å². The molecule has 0 spiro atoms. The third kappa shape index (κ3) is 4.53. The molecular weight excluding hydrogens is 339 g/mol. The summed E-state index contributed by atoms with van der Waals surface area (Å²) in [6.07, 6.45) is 2.45. The molecule has 2 N–H and O–H groups in total. The van der Waals surface area contributed by atoms with Gasteiger partial charge >= 0.3 is 0 Å². The van der Waals surface area contributed by atoms with E-state index in [1.54, 1.807) is 13.1 Å². The normalized spacial score (nSPS) is 14.3. The van der Waals surface area contributed by atoms with Crippen molar-refractivity contribution in [2.75, 3.05) is 7.05 Å². The Kier molecular flexibility index (Phi) is 5.92. The summed E-state index contributed by atoms with van der Waals surface area (Å²) in [5, 5.41) is 15.4. The van der Waals surface area contributed by atoms with E-state index in [-0.39, 0.29) is 24.0 Å². The van der Waals surface area contributed by atoms with Crippen molar-refractivity contribution in [1.82, 2.24) is 10.6 Å². The van der Waals surface area contributed by atoms with Crippen molar-refractivity contribution in [2.24, 2.45) is 4.99 Å². The van der Waals surface area contributed by atoms with Crippen LogP contribution in [0.5, 0.6) is 0 Å². The molecule has 0 atom stereocenters. The molecule has 5 heteroatoms. The second-order valence-corrected chi connectivity index (χ2v) is 4.16. The number of rotatable bonds is 3. The van der Waals surface area contributed by atoms with Gasteiger partial charge in [-0.15, -0.1) is 24.0 Å². The van der Waals surface area contributed by atoms with Crippen molar-refractivity contribution >= 4 is 29.9 Å². The van der Waals surface area contributed by atoms with Crippen LogP contribution in [0.25, 0.3) is 0 Å². The summed E-state index contributed by atoms with van der Waals surface area (Å²) in [6, 6.07) is 10.3. The summed E-state index contributed by atoms with van der Waals surface area (Å²) in [7, 11) is 1.77. The SMILES string of the molecule is CN=C(NCc1cccc(C#N)c1)NC1CC1.I. The van der Waals surface area contributed by atoms with Gasteiger partial charge in [0.2, 0.25) is 0 Å². The van der Waals surface area contributed by atoms with E-state index in [1.165, 1.54) is 12.8 Å². The van der Waals surface area contributed by atoms with Gasteiger partial charge in [-0.05, 0) is 30.5 Å². The van der Waals surface area contributed by atoms with Crippen molar-refractivity contribution in [3.05, 3.63) is 35.4 Å². The van der Waals surface area contributed by atoms with E-state index in [4.69, 9.17) is 5.26 Å². The largest absolute Gasteiger partial charge is 0.354 e. The highest BCUT2D eigenvalue weighted by Crippen LogP contribution is 2.18. The van der Waals surface area contributed by atoms with Crippen molar-refractivity contribution in [1.29, 1.82) is 5.26 Å². The minimum Gasteiger partial charge on any atom is -0.354 e. The summed E-state index contributed by atoms with van der Waals surface area (Å²) >= 11 is 0. The average Bonchev–Trinajstić information content (AvgIpc) is 3.18.